The van der Waals surface area contributed by atoms with Gasteiger partial charge in [-0.2, -0.15) is 0 Å². The molecule has 0 radical (unpaired) electrons. The van der Waals surface area contributed by atoms with Crippen molar-refractivity contribution in [3.05, 3.63) is 23.0 Å². The van der Waals surface area contributed by atoms with E-state index in [0.717, 1.165) is 0 Å². The molecule has 2 N–H and O–H groups in total. The van der Waals surface area contributed by atoms with Crippen molar-refractivity contribution >= 4 is 23.4 Å². The molecule has 0 saturated carbocycles. The molecule has 1 aromatic heterocycles. The van der Waals surface area contributed by atoms with Gasteiger partial charge in [0.1, 0.15) is 6.04 Å². The molecule has 1 atom stereocenters. The van der Waals surface area contributed by atoms with E-state index in [1.165, 1.54) is 17.0 Å². The molecule has 2 rings (SSSR count). The Morgan fingerprint density at radius 2 is 2.22 bits per heavy atom. The lowest BCUT2D eigenvalue weighted by Gasteiger charge is -2.33. The largest absolute Gasteiger partial charge is 0.377 e. The van der Waals surface area contributed by atoms with Gasteiger partial charge in [0.2, 0.25) is 5.91 Å². The van der Waals surface area contributed by atoms with Crippen LogP contribution < -0.4 is 5.73 Å². The number of halogens is 1. The summed E-state index contributed by atoms with van der Waals surface area (Å²) in [5.74, 6) is -1.02. The zero-order valence-corrected chi connectivity index (χ0v) is 10.1. The molecule has 1 unspecified atom stereocenters. The van der Waals surface area contributed by atoms with Crippen LogP contribution in [0.5, 0.6) is 0 Å². The maximum absolute atomic E-state index is 12.1. The minimum atomic E-state index is -0.774. The van der Waals surface area contributed by atoms with Gasteiger partial charge in [0.15, 0.2) is 10.8 Å². The fourth-order valence-electron chi connectivity index (χ4n) is 1.66. The van der Waals surface area contributed by atoms with E-state index in [-0.39, 0.29) is 24.0 Å². The monoisotopic (exact) mass is 270 g/mol. The van der Waals surface area contributed by atoms with E-state index in [9.17, 15) is 9.59 Å². The average molecular weight is 271 g/mol. The van der Waals surface area contributed by atoms with Crippen LogP contribution in [0.4, 0.5) is 0 Å². The Hall–Kier alpha value is -1.73. The molecule has 7 nitrogen and oxygen atoms in total. The van der Waals surface area contributed by atoms with Crippen LogP contribution >= 0.6 is 11.6 Å². The van der Waals surface area contributed by atoms with E-state index in [0.29, 0.717) is 6.61 Å². The number of carbonyl (C=O) groups is 2. The predicted octanol–water partition coefficient (Wildman–Crippen LogP) is -0.544. The molecular weight excluding hydrogens is 260 g/mol. The number of amides is 2. The van der Waals surface area contributed by atoms with Crippen LogP contribution in [0.25, 0.3) is 0 Å². The molecule has 0 bridgehead atoms. The molecule has 96 valence electrons. The molecule has 2 amide bonds. The zero-order valence-electron chi connectivity index (χ0n) is 9.38. The van der Waals surface area contributed by atoms with Crippen molar-refractivity contribution < 1.29 is 14.3 Å². The van der Waals surface area contributed by atoms with Gasteiger partial charge in [-0.25, -0.2) is 0 Å². The number of carbonyl (C=O) groups excluding carboxylic acids is 2. The van der Waals surface area contributed by atoms with Gasteiger partial charge < -0.3 is 15.4 Å². The van der Waals surface area contributed by atoms with Crippen LogP contribution in [0.1, 0.15) is 10.5 Å². The first-order valence-corrected chi connectivity index (χ1v) is 5.64. The molecule has 1 fully saturated rings. The fourth-order valence-corrected chi connectivity index (χ4v) is 1.76. The van der Waals surface area contributed by atoms with Crippen LogP contribution in [0.3, 0.4) is 0 Å². The molecule has 0 aliphatic carbocycles. The summed E-state index contributed by atoms with van der Waals surface area (Å²) in [5, 5.41) is 7.46. The van der Waals surface area contributed by atoms with Crippen molar-refractivity contribution in [2.45, 2.75) is 6.04 Å². The summed E-state index contributed by atoms with van der Waals surface area (Å²) in [5.41, 5.74) is 5.35. The summed E-state index contributed by atoms with van der Waals surface area (Å²) in [6, 6.07) is 2.14. The van der Waals surface area contributed by atoms with E-state index in [2.05, 4.69) is 10.2 Å². The molecule has 8 heteroatoms. The summed E-state index contributed by atoms with van der Waals surface area (Å²) in [6.45, 7) is 0.745. The van der Waals surface area contributed by atoms with Gasteiger partial charge in [-0.15, -0.1) is 10.2 Å². The Morgan fingerprint density at radius 3 is 2.83 bits per heavy atom. The van der Waals surface area contributed by atoms with Gasteiger partial charge in [0.05, 0.1) is 13.2 Å². The first-order valence-electron chi connectivity index (χ1n) is 5.27. The highest BCUT2D eigenvalue weighted by molar-refractivity contribution is 6.29. The summed E-state index contributed by atoms with van der Waals surface area (Å²) in [4.78, 5) is 24.7. The lowest BCUT2D eigenvalue weighted by atomic mass is 10.2. The SMILES string of the molecule is NC(=O)C1COCCN1C(=O)c1ccc(Cl)nn1. The van der Waals surface area contributed by atoms with Gasteiger partial charge in [-0.3, -0.25) is 9.59 Å². The van der Waals surface area contributed by atoms with Crippen LogP contribution in [-0.4, -0.2) is 52.7 Å². The topological polar surface area (TPSA) is 98.4 Å². The third-order valence-electron chi connectivity index (χ3n) is 2.57. The van der Waals surface area contributed by atoms with E-state index >= 15 is 0 Å². The molecular formula is C10H11ClN4O3. The number of nitrogens with two attached hydrogens (primary N) is 1. The van der Waals surface area contributed by atoms with E-state index in [1.807, 2.05) is 0 Å². The van der Waals surface area contributed by atoms with E-state index in [1.54, 1.807) is 0 Å². The highest BCUT2D eigenvalue weighted by Crippen LogP contribution is 2.11. The quantitative estimate of drug-likeness (QED) is 0.778. The summed E-state index contributed by atoms with van der Waals surface area (Å²) < 4.78 is 5.13. The van der Waals surface area contributed by atoms with Crippen molar-refractivity contribution in [3.8, 4) is 0 Å². The van der Waals surface area contributed by atoms with Crippen molar-refractivity contribution in [1.82, 2.24) is 15.1 Å². The molecule has 2 heterocycles. The second-order valence-electron chi connectivity index (χ2n) is 3.73. The van der Waals surface area contributed by atoms with Gasteiger partial charge in [-0.05, 0) is 12.1 Å². The van der Waals surface area contributed by atoms with Crippen LogP contribution in [0, 0.1) is 0 Å². The third kappa shape index (κ3) is 2.57. The maximum Gasteiger partial charge on any atom is 0.275 e. The molecule has 1 aliphatic rings. The molecule has 1 saturated heterocycles. The smallest absolute Gasteiger partial charge is 0.275 e. The van der Waals surface area contributed by atoms with Crippen molar-refractivity contribution in [2.24, 2.45) is 5.73 Å². The summed E-state index contributed by atoms with van der Waals surface area (Å²) >= 11 is 5.59. The molecule has 1 aliphatic heterocycles. The van der Waals surface area contributed by atoms with Crippen LogP contribution in [0.2, 0.25) is 5.15 Å². The Kier molecular flexibility index (Phi) is 3.73. The first kappa shape index (κ1) is 12.7. The van der Waals surface area contributed by atoms with Crippen LogP contribution in [-0.2, 0) is 9.53 Å². The van der Waals surface area contributed by atoms with Gasteiger partial charge in [0.25, 0.3) is 5.91 Å². The third-order valence-corrected chi connectivity index (χ3v) is 2.77. The summed E-state index contributed by atoms with van der Waals surface area (Å²) in [7, 11) is 0. The summed E-state index contributed by atoms with van der Waals surface area (Å²) in [6.07, 6.45) is 0. The first-order chi connectivity index (χ1) is 8.59. The van der Waals surface area contributed by atoms with Crippen molar-refractivity contribution in [1.29, 1.82) is 0 Å². The number of hydrogen-bond acceptors (Lipinski definition) is 5. The standard InChI is InChI=1S/C10H11ClN4O3/c11-8-2-1-6(13-14-8)10(17)15-3-4-18-5-7(15)9(12)16/h1-2,7H,3-5H2,(H2,12,16). The lowest BCUT2D eigenvalue weighted by Crippen LogP contribution is -2.54. The molecule has 0 aromatic carbocycles. The number of rotatable bonds is 2. The molecule has 0 spiro atoms. The Bertz CT molecular complexity index is 465. The fraction of sp³-hybridized carbons (Fsp3) is 0.400. The minimum Gasteiger partial charge on any atom is -0.377 e. The number of hydrogen-bond donors (Lipinski definition) is 1. The van der Waals surface area contributed by atoms with Gasteiger partial charge in [0, 0.05) is 6.54 Å². The average Bonchev–Trinajstić information content (AvgIpc) is 2.39. The minimum absolute atomic E-state index is 0.0993. The van der Waals surface area contributed by atoms with Gasteiger partial charge in [-0.1, -0.05) is 11.6 Å². The maximum atomic E-state index is 12.1. The number of primary amides is 1. The van der Waals surface area contributed by atoms with E-state index in [4.69, 9.17) is 22.1 Å². The van der Waals surface area contributed by atoms with Crippen LogP contribution in [0.15, 0.2) is 12.1 Å². The van der Waals surface area contributed by atoms with Gasteiger partial charge >= 0.3 is 0 Å². The Morgan fingerprint density at radius 1 is 1.44 bits per heavy atom. The second kappa shape index (κ2) is 5.28. The zero-order chi connectivity index (χ0) is 13.1. The number of ether oxygens (including phenoxy) is 1. The predicted molar refractivity (Wildman–Crippen MR) is 61.9 cm³/mol. The molecule has 18 heavy (non-hydrogen) atoms. The second-order valence-corrected chi connectivity index (χ2v) is 4.12. The Labute approximate surface area is 108 Å². The highest BCUT2D eigenvalue weighted by atomic mass is 35.5. The number of aromatic nitrogens is 2. The number of nitrogens with zero attached hydrogens (tertiary/aromatic N) is 3. The Balaban J connectivity index is 2.20. The highest BCUT2D eigenvalue weighted by Gasteiger charge is 2.32. The van der Waals surface area contributed by atoms with Crippen molar-refractivity contribution in [2.75, 3.05) is 19.8 Å². The number of morpholine rings is 1. The van der Waals surface area contributed by atoms with E-state index < -0.39 is 17.9 Å². The normalized spacial score (nSPS) is 19.6. The lowest BCUT2D eigenvalue weighted by molar-refractivity contribution is -0.127. The van der Waals surface area contributed by atoms with Crippen molar-refractivity contribution in [3.63, 3.8) is 0 Å². The molecule has 1 aromatic rings.